The molecule has 0 unspecified atom stereocenters. The molecule has 1 aliphatic heterocycles. The zero-order valence-electron chi connectivity index (χ0n) is 12.9. The maximum Gasteiger partial charge on any atom is 0.271 e. The first-order chi connectivity index (χ1) is 11.6. The van der Waals surface area contributed by atoms with Gasteiger partial charge in [0.15, 0.2) is 5.82 Å². The Bertz CT molecular complexity index is 762. The first-order valence-corrected chi connectivity index (χ1v) is 8.40. The third kappa shape index (κ3) is 3.61. The Morgan fingerprint density at radius 3 is 2.75 bits per heavy atom. The van der Waals surface area contributed by atoms with Gasteiger partial charge in [0.25, 0.3) is 5.91 Å². The van der Waals surface area contributed by atoms with Crippen LogP contribution < -0.4 is 16.4 Å². The highest BCUT2D eigenvalue weighted by molar-refractivity contribution is 6.43. The van der Waals surface area contributed by atoms with Crippen molar-refractivity contribution in [2.45, 2.75) is 18.9 Å². The van der Waals surface area contributed by atoms with Crippen molar-refractivity contribution < 1.29 is 4.79 Å². The van der Waals surface area contributed by atoms with Crippen LogP contribution in [0, 0.1) is 0 Å². The molecule has 1 saturated heterocycles. The SMILES string of the molecule is Nc1nc(C(=O)NC2CCNCC2)cnc1-c1cccc(Cl)c1Cl. The average Bonchev–Trinajstić information content (AvgIpc) is 2.58. The van der Waals surface area contributed by atoms with Crippen LogP contribution in [0.3, 0.4) is 0 Å². The van der Waals surface area contributed by atoms with Crippen molar-refractivity contribution in [3.05, 3.63) is 40.1 Å². The van der Waals surface area contributed by atoms with Crippen LogP contribution in [-0.2, 0) is 0 Å². The number of rotatable bonds is 3. The summed E-state index contributed by atoms with van der Waals surface area (Å²) < 4.78 is 0. The first-order valence-electron chi connectivity index (χ1n) is 7.64. The Labute approximate surface area is 149 Å². The summed E-state index contributed by atoms with van der Waals surface area (Å²) in [6.45, 7) is 1.79. The summed E-state index contributed by atoms with van der Waals surface area (Å²) in [4.78, 5) is 20.7. The van der Waals surface area contributed by atoms with Crippen LogP contribution in [0.15, 0.2) is 24.4 Å². The number of nitrogens with one attached hydrogen (secondary N) is 2. The standard InChI is InChI=1S/C16H17Cl2N5O/c17-11-3-1-2-10(13(11)18)14-15(19)23-12(8-21-14)16(24)22-9-4-6-20-7-5-9/h1-3,8-9,20H,4-7H2,(H2,19,23)(H,22,24). The molecule has 0 spiro atoms. The van der Waals surface area contributed by atoms with Crippen molar-refractivity contribution in [1.82, 2.24) is 20.6 Å². The minimum Gasteiger partial charge on any atom is -0.382 e. The number of nitrogens with zero attached hydrogens (tertiary/aromatic N) is 2. The summed E-state index contributed by atoms with van der Waals surface area (Å²) in [5, 5.41) is 6.97. The summed E-state index contributed by atoms with van der Waals surface area (Å²) in [5.74, 6) is -0.137. The molecule has 2 aromatic rings. The number of aromatic nitrogens is 2. The second kappa shape index (κ2) is 7.34. The van der Waals surface area contributed by atoms with Gasteiger partial charge in [-0.2, -0.15) is 0 Å². The molecule has 4 N–H and O–H groups in total. The fourth-order valence-corrected chi connectivity index (χ4v) is 3.02. The molecule has 8 heteroatoms. The Hall–Kier alpha value is -1.89. The van der Waals surface area contributed by atoms with Crippen molar-refractivity contribution in [3.8, 4) is 11.3 Å². The van der Waals surface area contributed by atoms with E-state index in [1.54, 1.807) is 18.2 Å². The number of halogens is 2. The van der Waals surface area contributed by atoms with Crippen LogP contribution >= 0.6 is 23.2 Å². The highest BCUT2D eigenvalue weighted by Gasteiger charge is 2.19. The van der Waals surface area contributed by atoms with Crippen molar-refractivity contribution in [3.63, 3.8) is 0 Å². The maximum absolute atomic E-state index is 12.3. The molecule has 2 heterocycles. The second-order valence-corrected chi connectivity index (χ2v) is 6.37. The monoisotopic (exact) mass is 365 g/mol. The number of hydrogen-bond donors (Lipinski definition) is 3. The Morgan fingerprint density at radius 1 is 1.29 bits per heavy atom. The van der Waals surface area contributed by atoms with E-state index in [0.717, 1.165) is 25.9 Å². The van der Waals surface area contributed by atoms with Gasteiger partial charge in [-0.15, -0.1) is 0 Å². The van der Waals surface area contributed by atoms with Gasteiger partial charge < -0.3 is 16.4 Å². The van der Waals surface area contributed by atoms with Gasteiger partial charge >= 0.3 is 0 Å². The van der Waals surface area contributed by atoms with Crippen molar-refractivity contribution >= 4 is 34.9 Å². The minimum absolute atomic E-state index is 0.136. The quantitative estimate of drug-likeness (QED) is 0.776. The number of carbonyl (C=O) groups is 1. The lowest BCUT2D eigenvalue weighted by atomic mass is 10.1. The summed E-state index contributed by atoms with van der Waals surface area (Å²) in [7, 11) is 0. The fraction of sp³-hybridized carbons (Fsp3) is 0.312. The van der Waals surface area contributed by atoms with Gasteiger partial charge in [0.2, 0.25) is 0 Å². The summed E-state index contributed by atoms with van der Waals surface area (Å²) in [5.41, 5.74) is 7.15. The molecule has 0 radical (unpaired) electrons. The van der Waals surface area contributed by atoms with Gasteiger partial charge in [0.05, 0.1) is 16.2 Å². The van der Waals surface area contributed by atoms with Crippen molar-refractivity contribution in [2.24, 2.45) is 0 Å². The van der Waals surface area contributed by atoms with Crippen LogP contribution in [0.2, 0.25) is 10.0 Å². The van der Waals surface area contributed by atoms with Crippen LogP contribution in [0.1, 0.15) is 23.3 Å². The van der Waals surface area contributed by atoms with E-state index < -0.39 is 0 Å². The number of anilines is 1. The predicted molar refractivity (Wildman–Crippen MR) is 95.3 cm³/mol. The molecular weight excluding hydrogens is 349 g/mol. The van der Waals surface area contributed by atoms with E-state index in [0.29, 0.717) is 21.3 Å². The van der Waals surface area contributed by atoms with Gasteiger partial charge in [-0.3, -0.25) is 4.79 Å². The van der Waals surface area contributed by atoms with Crippen LogP contribution in [0.25, 0.3) is 11.3 Å². The van der Waals surface area contributed by atoms with Crippen LogP contribution in [-0.4, -0.2) is 35.0 Å². The third-order valence-corrected chi connectivity index (χ3v) is 4.73. The van der Waals surface area contributed by atoms with Crippen molar-refractivity contribution in [2.75, 3.05) is 18.8 Å². The zero-order valence-corrected chi connectivity index (χ0v) is 14.4. The lowest BCUT2D eigenvalue weighted by molar-refractivity contribution is 0.0924. The molecule has 1 aromatic heterocycles. The highest BCUT2D eigenvalue weighted by atomic mass is 35.5. The molecule has 126 valence electrons. The molecule has 0 aliphatic carbocycles. The second-order valence-electron chi connectivity index (χ2n) is 5.59. The summed E-state index contributed by atoms with van der Waals surface area (Å²) in [6, 6.07) is 5.33. The molecule has 1 aromatic carbocycles. The molecule has 1 aliphatic rings. The van der Waals surface area contributed by atoms with Crippen LogP contribution in [0.4, 0.5) is 5.82 Å². The van der Waals surface area contributed by atoms with Gasteiger partial charge in [-0.05, 0) is 32.0 Å². The molecule has 0 bridgehead atoms. The van der Waals surface area contributed by atoms with Crippen LogP contribution in [0.5, 0.6) is 0 Å². The minimum atomic E-state index is -0.273. The normalized spacial score (nSPS) is 15.2. The number of hydrogen-bond acceptors (Lipinski definition) is 5. The maximum atomic E-state index is 12.3. The number of benzene rings is 1. The van der Waals surface area contributed by atoms with E-state index in [1.807, 2.05) is 0 Å². The number of nitrogen functional groups attached to an aromatic ring is 1. The molecule has 1 amide bonds. The van der Waals surface area contributed by atoms with E-state index >= 15 is 0 Å². The molecular formula is C16H17Cl2N5O. The molecule has 1 fully saturated rings. The van der Waals surface area contributed by atoms with Gasteiger partial charge in [-0.1, -0.05) is 35.3 Å². The van der Waals surface area contributed by atoms with Gasteiger partial charge in [0.1, 0.15) is 11.4 Å². The zero-order chi connectivity index (χ0) is 17.1. The van der Waals surface area contributed by atoms with E-state index in [9.17, 15) is 4.79 Å². The average molecular weight is 366 g/mol. The topological polar surface area (TPSA) is 92.9 Å². The van der Waals surface area contributed by atoms with Crippen molar-refractivity contribution in [1.29, 1.82) is 0 Å². The molecule has 6 nitrogen and oxygen atoms in total. The Morgan fingerprint density at radius 2 is 2.04 bits per heavy atom. The number of amides is 1. The Balaban J connectivity index is 1.81. The molecule has 0 atom stereocenters. The molecule has 24 heavy (non-hydrogen) atoms. The number of piperidine rings is 1. The number of nitrogens with two attached hydrogens (primary N) is 1. The van der Waals surface area contributed by atoms with Gasteiger partial charge in [0, 0.05) is 11.6 Å². The lowest BCUT2D eigenvalue weighted by Gasteiger charge is -2.23. The predicted octanol–water partition coefficient (Wildman–Crippen LogP) is 2.51. The van der Waals surface area contributed by atoms with E-state index in [4.69, 9.17) is 28.9 Å². The van der Waals surface area contributed by atoms with Gasteiger partial charge in [-0.25, -0.2) is 9.97 Å². The third-order valence-electron chi connectivity index (χ3n) is 3.91. The number of carbonyl (C=O) groups excluding carboxylic acids is 1. The van der Waals surface area contributed by atoms with E-state index in [2.05, 4.69) is 20.6 Å². The fourth-order valence-electron chi connectivity index (χ4n) is 2.63. The lowest BCUT2D eigenvalue weighted by Crippen LogP contribution is -2.43. The molecule has 0 saturated carbocycles. The highest BCUT2D eigenvalue weighted by Crippen LogP contribution is 2.34. The largest absolute Gasteiger partial charge is 0.382 e. The summed E-state index contributed by atoms with van der Waals surface area (Å²) >= 11 is 12.2. The summed E-state index contributed by atoms with van der Waals surface area (Å²) in [6.07, 6.45) is 3.19. The Kier molecular flexibility index (Phi) is 5.18. The van der Waals surface area contributed by atoms with E-state index in [-0.39, 0.29) is 23.5 Å². The first kappa shape index (κ1) is 17.0. The smallest absolute Gasteiger partial charge is 0.271 e. The molecule has 3 rings (SSSR count). The van der Waals surface area contributed by atoms with E-state index in [1.165, 1.54) is 6.20 Å².